The van der Waals surface area contributed by atoms with Gasteiger partial charge in [-0.15, -0.1) is 0 Å². The van der Waals surface area contributed by atoms with E-state index in [2.05, 4.69) is 84.3 Å². The maximum absolute atomic E-state index is 13.3. The number of ether oxygens (including phenoxy) is 1. The Balaban J connectivity index is 0.814. The quantitative estimate of drug-likeness (QED) is 0.0469. The molecule has 4 aliphatic rings. The van der Waals surface area contributed by atoms with Crippen LogP contribution in [0.4, 0.5) is 40.2 Å². The van der Waals surface area contributed by atoms with Crippen LogP contribution < -0.4 is 35.6 Å². The molecule has 0 spiro atoms. The second kappa shape index (κ2) is 23.3. The summed E-state index contributed by atoms with van der Waals surface area (Å²) in [6, 6.07) is 12.3. The normalized spacial score (nSPS) is 17.3. The number of nitrogens with one attached hydrogen (secondary N) is 5. The molecule has 3 fully saturated rings. The molecule has 5 N–H and O–H groups in total. The van der Waals surface area contributed by atoms with E-state index in [9.17, 15) is 27.6 Å². The van der Waals surface area contributed by atoms with Crippen LogP contribution in [0.15, 0.2) is 61.1 Å². The number of sulfonamides is 1. The Labute approximate surface area is 440 Å². The molecule has 3 saturated heterocycles. The Bertz CT molecular complexity index is 3270. The van der Waals surface area contributed by atoms with Crippen LogP contribution in [0.1, 0.15) is 79.8 Å². The molecular formula is C53H58ClN13O7S. The predicted molar refractivity (Wildman–Crippen MR) is 288 cm³/mol. The van der Waals surface area contributed by atoms with Crippen molar-refractivity contribution >= 4 is 96.5 Å². The number of anilines is 7. The first-order valence-electron chi connectivity index (χ1n) is 25.0. The van der Waals surface area contributed by atoms with Crippen LogP contribution in [0.2, 0.25) is 5.02 Å². The van der Waals surface area contributed by atoms with Gasteiger partial charge < -0.3 is 35.4 Å². The number of unbranched alkanes of at least 4 members (excludes halogenated alkanes) is 2. The minimum Gasteiger partial charge on any atom is -0.494 e. The van der Waals surface area contributed by atoms with Crippen LogP contribution in [-0.2, 0) is 31.0 Å². The fraction of sp³-hybridized carbons (Fsp3) is 0.396. The minimum atomic E-state index is -3.72. The molecule has 6 heterocycles. The Morgan fingerprint density at radius 1 is 0.920 bits per heavy atom. The van der Waals surface area contributed by atoms with Crippen LogP contribution in [0.3, 0.4) is 0 Å². The van der Waals surface area contributed by atoms with Crippen molar-refractivity contribution in [2.75, 3.05) is 84.8 Å². The number of halogens is 1. The molecular weight excluding hydrogens is 998 g/mol. The van der Waals surface area contributed by atoms with E-state index < -0.39 is 27.9 Å². The summed E-state index contributed by atoms with van der Waals surface area (Å²) in [6.07, 6.45) is 10.9. The summed E-state index contributed by atoms with van der Waals surface area (Å²) < 4.78 is 33.3. The van der Waals surface area contributed by atoms with Crippen LogP contribution >= 0.6 is 11.6 Å². The van der Waals surface area contributed by atoms with E-state index in [0.29, 0.717) is 71.3 Å². The number of carbonyl (C=O) groups is 4. The second-order valence-corrected chi connectivity index (χ2v) is 20.9. The topological polar surface area (TPSA) is 236 Å². The smallest absolute Gasteiger partial charge is 0.300 e. The van der Waals surface area contributed by atoms with Crippen molar-refractivity contribution in [2.45, 2.75) is 76.9 Å². The number of carbonyl (C=O) groups excluding carboxylic acids is 4. The minimum absolute atomic E-state index is 0.133. The van der Waals surface area contributed by atoms with E-state index in [0.717, 1.165) is 94.6 Å². The highest BCUT2D eigenvalue weighted by molar-refractivity contribution is 7.92. The van der Waals surface area contributed by atoms with Crippen molar-refractivity contribution in [3.63, 3.8) is 0 Å². The van der Waals surface area contributed by atoms with Crippen molar-refractivity contribution in [1.82, 2.24) is 40.0 Å². The van der Waals surface area contributed by atoms with Gasteiger partial charge in [0.25, 0.3) is 11.8 Å². The van der Waals surface area contributed by atoms with Gasteiger partial charge in [0.2, 0.25) is 27.8 Å². The first-order valence-corrected chi connectivity index (χ1v) is 27.3. The standard InChI is InChI=1S/C53H58ClN13O7S/c1-4-5-7-14-46(68)58-41-30-42(60-53-57-32-38(54)50(62-53)59-40-16-15-39-48(56-22-21-55-39)49(40)63-75(3,72)73)45(74-2)31-44(41)66-24-19-35(20-25-66)65-28-26-64(27-29-65)23-9-6-8-11-34-12-10-13-36-37(34)33-67(52(36)71)43-17-18-47(69)61-51(43)70/h10,12-13,15-16,21-22,30-32,35,43,63H,4-6,9,17-20,23-29,33H2,1-3H3,(H,58,68)(H,61,69,70)(H2,57,59,60,62). The number of nitrogens with zero attached hydrogens (tertiary/aromatic N) is 8. The largest absolute Gasteiger partial charge is 0.494 e. The number of aromatic nitrogens is 4. The predicted octanol–water partition coefficient (Wildman–Crippen LogP) is 5.86. The van der Waals surface area contributed by atoms with E-state index in [1.165, 1.54) is 18.6 Å². The highest BCUT2D eigenvalue weighted by Gasteiger charge is 2.40. The molecule has 0 bridgehead atoms. The molecule has 4 aliphatic heterocycles. The molecule has 22 heteroatoms. The summed E-state index contributed by atoms with van der Waals surface area (Å²) in [6.45, 7) is 8.62. The maximum atomic E-state index is 13.3. The summed E-state index contributed by atoms with van der Waals surface area (Å²) >= 11 is 6.60. The van der Waals surface area contributed by atoms with Gasteiger partial charge in [0.15, 0.2) is 5.82 Å². The Morgan fingerprint density at radius 2 is 1.72 bits per heavy atom. The Hall–Kier alpha value is -7.56. The number of fused-ring (bicyclic) bond motifs is 2. The number of benzene rings is 3. The first-order chi connectivity index (χ1) is 36.2. The number of hydrogen-bond donors (Lipinski definition) is 5. The summed E-state index contributed by atoms with van der Waals surface area (Å²) in [4.78, 5) is 77.3. The zero-order valence-electron chi connectivity index (χ0n) is 42.0. The van der Waals surface area contributed by atoms with Crippen LogP contribution in [-0.4, -0.2) is 138 Å². The van der Waals surface area contributed by atoms with E-state index in [4.69, 9.17) is 16.3 Å². The number of rotatable bonds is 15. The molecule has 1 atom stereocenters. The number of amides is 4. The molecule has 0 radical (unpaired) electrons. The van der Waals surface area contributed by atoms with Crippen molar-refractivity contribution in [1.29, 1.82) is 0 Å². The molecule has 20 nitrogen and oxygen atoms in total. The lowest BCUT2D eigenvalue weighted by Gasteiger charge is -2.43. The maximum Gasteiger partial charge on any atom is 0.300 e. The number of piperidine rings is 2. The van der Waals surface area contributed by atoms with Crippen molar-refractivity contribution in [3.05, 3.63) is 82.8 Å². The SMILES string of the molecule is CCCC#CC(=O)Nc1cc(Nc2ncc(Cl)c(Nc3ccc4nccnc4c3NS(C)(=O)=O)n2)c(OC)cc1N1CCC(N2CCN(CCCC#Cc3cccc4c3CN(C3CCC(=O)NC3=O)C4=O)CC2)CC1. The fourth-order valence-corrected chi connectivity index (χ4v) is 10.6. The number of imide groups is 1. The highest BCUT2D eigenvalue weighted by atomic mass is 35.5. The molecule has 0 aliphatic carbocycles. The summed E-state index contributed by atoms with van der Waals surface area (Å²) in [5, 5.41) is 11.9. The van der Waals surface area contributed by atoms with Gasteiger partial charge in [-0.05, 0) is 80.5 Å². The lowest BCUT2D eigenvalue weighted by Crippen LogP contribution is -2.53. The first kappa shape index (κ1) is 52.3. The van der Waals surface area contributed by atoms with E-state index in [-0.39, 0.29) is 40.7 Å². The van der Waals surface area contributed by atoms with Gasteiger partial charge in [0.05, 0.1) is 53.5 Å². The van der Waals surface area contributed by atoms with Gasteiger partial charge in [0, 0.05) is 101 Å². The third-order valence-corrected chi connectivity index (χ3v) is 14.5. The van der Waals surface area contributed by atoms with Gasteiger partial charge in [0.1, 0.15) is 22.3 Å². The van der Waals surface area contributed by atoms with Crippen molar-refractivity contribution in [3.8, 4) is 29.4 Å². The van der Waals surface area contributed by atoms with Crippen LogP contribution in [0, 0.1) is 23.7 Å². The van der Waals surface area contributed by atoms with Crippen LogP contribution in [0.5, 0.6) is 5.75 Å². The van der Waals surface area contributed by atoms with Gasteiger partial charge >= 0.3 is 0 Å². The molecule has 390 valence electrons. The van der Waals surface area contributed by atoms with Gasteiger partial charge in [-0.3, -0.25) is 44.1 Å². The average molecular weight is 1060 g/mol. The van der Waals surface area contributed by atoms with E-state index in [1.807, 2.05) is 25.1 Å². The monoisotopic (exact) mass is 1060 g/mol. The van der Waals surface area contributed by atoms with Crippen molar-refractivity contribution in [2.24, 2.45) is 0 Å². The molecule has 5 aromatic rings. The number of piperazine rings is 1. The molecule has 1 unspecified atom stereocenters. The highest BCUT2D eigenvalue weighted by Crippen LogP contribution is 2.41. The molecule has 2 aromatic heterocycles. The zero-order valence-corrected chi connectivity index (χ0v) is 43.5. The number of methoxy groups -OCH3 is 1. The van der Waals surface area contributed by atoms with Crippen LogP contribution in [0.25, 0.3) is 11.0 Å². The Morgan fingerprint density at radius 3 is 2.48 bits per heavy atom. The molecule has 0 saturated carbocycles. The van der Waals surface area contributed by atoms with E-state index >= 15 is 0 Å². The summed E-state index contributed by atoms with van der Waals surface area (Å²) in [7, 11) is -2.16. The lowest BCUT2D eigenvalue weighted by atomic mass is 10.0. The van der Waals surface area contributed by atoms with Gasteiger partial charge in [-0.1, -0.05) is 42.4 Å². The van der Waals surface area contributed by atoms with Gasteiger partial charge in [-0.2, -0.15) is 4.98 Å². The Kier molecular flexibility index (Phi) is 16.3. The summed E-state index contributed by atoms with van der Waals surface area (Å²) in [5.41, 5.74) is 5.28. The summed E-state index contributed by atoms with van der Waals surface area (Å²) in [5.74, 6) is 11.7. The fourth-order valence-electron chi connectivity index (χ4n) is 9.89. The number of hydrogen-bond acceptors (Lipinski definition) is 16. The van der Waals surface area contributed by atoms with E-state index in [1.54, 1.807) is 36.3 Å². The third-order valence-electron chi connectivity index (χ3n) is 13.6. The molecule has 4 amide bonds. The average Bonchev–Trinajstić information content (AvgIpc) is 3.75. The van der Waals surface area contributed by atoms with Gasteiger partial charge in [-0.25, -0.2) is 13.4 Å². The lowest BCUT2D eigenvalue weighted by molar-refractivity contribution is -0.137. The second-order valence-electron chi connectivity index (χ2n) is 18.7. The molecule has 3 aromatic carbocycles. The molecule has 9 rings (SSSR count). The van der Waals surface area contributed by atoms with Crippen molar-refractivity contribution < 1.29 is 32.3 Å². The molecule has 75 heavy (non-hydrogen) atoms. The third kappa shape index (κ3) is 12.5. The zero-order chi connectivity index (χ0) is 52.6.